The lowest BCUT2D eigenvalue weighted by atomic mass is 10.3. The molecule has 1 aromatic carbocycles. The van der Waals surface area contributed by atoms with E-state index in [1.54, 1.807) is 35.8 Å². The van der Waals surface area contributed by atoms with Gasteiger partial charge in [0.15, 0.2) is 21.9 Å². The SMILES string of the molecule is C[C@@H](OC(=O)c1c(Cl)nc2sccn12)C(=O)Nc1ccccc1. The Morgan fingerprint density at radius 2 is 2.09 bits per heavy atom. The van der Waals surface area contributed by atoms with E-state index < -0.39 is 18.0 Å². The number of carbonyl (C=O) groups is 2. The molecule has 0 spiro atoms. The number of amides is 1. The molecule has 2 heterocycles. The molecule has 0 aliphatic rings. The van der Waals surface area contributed by atoms with Gasteiger partial charge in [0.2, 0.25) is 0 Å². The van der Waals surface area contributed by atoms with Crippen molar-refractivity contribution in [2.24, 2.45) is 0 Å². The first-order valence-corrected chi connectivity index (χ1v) is 8.00. The maximum atomic E-state index is 12.3. The van der Waals surface area contributed by atoms with Gasteiger partial charge in [0.05, 0.1) is 0 Å². The monoisotopic (exact) mass is 349 g/mol. The van der Waals surface area contributed by atoms with Crippen molar-refractivity contribution >= 4 is 45.5 Å². The molecule has 0 aliphatic carbocycles. The summed E-state index contributed by atoms with van der Waals surface area (Å²) in [5.74, 6) is -1.12. The molecule has 6 nitrogen and oxygen atoms in total. The van der Waals surface area contributed by atoms with Gasteiger partial charge < -0.3 is 10.1 Å². The van der Waals surface area contributed by atoms with Crippen LogP contribution in [0.15, 0.2) is 41.9 Å². The third kappa shape index (κ3) is 3.20. The molecule has 0 bridgehead atoms. The second-order valence-corrected chi connectivity index (χ2v) is 5.94. The molecule has 3 aromatic rings. The van der Waals surface area contributed by atoms with Gasteiger partial charge in [-0.2, -0.15) is 0 Å². The molecule has 1 amide bonds. The summed E-state index contributed by atoms with van der Waals surface area (Å²) < 4.78 is 6.73. The number of imidazole rings is 1. The summed E-state index contributed by atoms with van der Waals surface area (Å²) in [4.78, 5) is 29.0. The number of nitrogens with one attached hydrogen (secondary N) is 1. The molecule has 0 radical (unpaired) electrons. The number of hydrogen-bond donors (Lipinski definition) is 1. The molecule has 8 heteroatoms. The molecule has 2 aromatic heterocycles. The van der Waals surface area contributed by atoms with Gasteiger partial charge in [-0.25, -0.2) is 9.78 Å². The fraction of sp³-hybridized carbons (Fsp3) is 0.133. The number of esters is 1. The number of para-hydroxylation sites is 1. The van der Waals surface area contributed by atoms with Crippen molar-refractivity contribution in [1.29, 1.82) is 0 Å². The van der Waals surface area contributed by atoms with Gasteiger partial charge in [-0.1, -0.05) is 29.8 Å². The van der Waals surface area contributed by atoms with Crippen LogP contribution < -0.4 is 5.32 Å². The minimum atomic E-state index is -0.969. The molecule has 23 heavy (non-hydrogen) atoms. The van der Waals surface area contributed by atoms with Crippen molar-refractivity contribution in [2.75, 3.05) is 5.32 Å². The summed E-state index contributed by atoms with van der Waals surface area (Å²) in [7, 11) is 0. The number of nitrogens with zero attached hydrogens (tertiary/aromatic N) is 2. The second kappa shape index (κ2) is 6.39. The first-order chi connectivity index (χ1) is 11.1. The number of halogens is 1. The highest BCUT2D eigenvalue weighted by atomic mass is 35.5. The lowest BCUT2D eigenvalue weighted by Crippen LogP contribution is -2.30. The van der Waals surface area contributed by atoms with E-state index in [2.05, 4.69) is 10.3 Å². The van der Waals surface area contributed by atoms with E-state index in [1.807, 2.05) is 6.07 Å². The van der Waals surface area contributed by atoms with Crippen LogP contribution in [-0.4, -0.2) is 27.4 Å². The van der Waals surface area contributed by atoms with Gasteiger partial charge >= 0.3 is 5.97 Å². The zero-order valence-electron chi connectivity index (χ0n) is 12.0. The molecule has 0 fully saturated rings. The Hall–Kier alpha value is -2.38. The van der Waals surface area contributed by atoms with Crippen LogP contribution in [0, 0.1) is 0 Å². The lowest BCUT2D eigenvalue weighted by Gasteiger charge is -2.13. The number of benzene rings is 1. The first kappa shape index (κ1) is 15.5. The van der Waals surface area contributed by atoms with Gasteiger partial charge in [-0.3, -0.25) is 9.20 Å². The highest BCUT2D eigenvalue weighted by Gasteiger charge is 2.24. The van der Waals surface area contributed by atoms with Crippen molar-refractivity contribution in [2.45, 2.75) is 13.0 Å². The van der Waals surface area contributed by atoms with E-state index in [4.69, 9.17) is 16.3 Å². The quantitative estimate of drug-likeness (QED) is 0.734. The summed E-state index contributed by atoms with van der Waals surface area (Å²) in [6, 6.07) is 8.93. The Labute approximate surface area is 140 Å². The van der Waals surface area contributed by atoms with Crippen molar-refractivity contribution in [3.8, 4) is 0 Å². The number of ether oxygens (including phenoxy) is 1. The van der Waals surface area contributed by atoms with E-state index in [0.717, 1.165) is 0 Å². The molecule has 1 atom stereocenters. The van der Waals surface area contributed by atoms with Crippen LogP contribution >= 0.6 is 22.9 Å². The minimum Gasteiger partial charge on any atom is -0.448 e. The summed E-state index contributed by atoms with van der Waals surface area (Å²) in [5.41, 5.74) is 0.741. The molecular formula is C15H12ClN3O3S. The molecule has 0 saturated carbocycles. The molecule has 0 unspecified atom stereocenters. The third-order valence-corrected chi connectivity index (χ3v) is 4.13. The Kier molecular flexibility index (Phi) is 4.31. The summed E-state index contributed by atoms with van der Waals surface area (Å²) >= 11 is 7.32. The van der Waals surface area contributed by atoms with Gasteiger partial charge in [-0.15, -0.1) is 11.3 Å². The van der Waals surface area contributed by atoms with Gasteiger partial charge in [0.25, 0.3) is 5.91 Å². The standard InChI is InChI=1S/C15H12ClN3O3S/c1-9(13(20)17-10-5-3-2-4-6-10)22-14(21)11-12(16)18-15-19(11)7-8-23-15/h2-9H,1H3,(H,17,20)/t9-/m1/s1. The summed E-state index contributed by atoms with van der Waals surface area (Å²) in [6.45, 7) is 1.50. The molecule has 3 rings (SSSR count). The molecule has 0 saturated heterocycles. The Balaban J connectivity index is 1.71. The van der Waals surface area contributed by atoms with E-state index in [1.165, 1.54) is 22.7 Å². The number of thiazole rings is 1. The van der Waals surface area contributed by atoms with Crippen molar-refractivity contribution in [1.82, 2.24) is 9.38 Å². The van der Waals surface area contributed by atoms with Crippen LogP contribution in [-0.2, 0) is 9.53 Å². The zero-order chi connectivity index (χ0) is 16.4. The van der Waals surface area contributed by atoms with Crippen LogP contribution in [0.1, 0.15) is 17.4 Å². The fourth-order valence-electron chi connectivity index (χ4n) is 1.98. The lowest BCUT2D eigenvalue weighted by molar-refractivity contribution is -0.123. The van der Waals surface area contributed by atoms with Crippen LogP contribution in [0.2, 0.25) is 5.15 Å². The number of hydrogen-bond acceptors (Lipinski definition) is 5. The minimum absolute atomic E-state index is 0.0533. The predicted octanol–water partition coefficient (Wildman–Crippen LogP) is 3.23. The van der Waals surface area contributed by atoms with Crippen LogP contribution in [0.4, 0.5) is 5.69 Å². The molecule has 1 N–H and O–H groups in total. The summed E-state index contributed by atoms with van der Waals surface area (Å²) in [6.07, 6.45) is 0.701. The number of fused-ring (bicyclic) bond motifs is 1. The zero-order valence-corrected chi connectivity index (χ0v) is 13.6. The van der Waals surface area contributed by atoms with Gasteiger partial charge in [0.1, 0.15) is 0 Å². The van der Waals surface area contributed by atoms with Crippen molar-refractivity contribution < 1.29 is 14.3 Å². The molecular weight excluding hydrogens is 338 g/mol. The summed E-state index contributed by atoms with van der Waals surface area (Å²) in [5, 5.41) is 4.50. The number of anilines is 1. The van der Waals surface area contributed by atoms with Crippen molar-refractivity contribution in [3.63, 3.8) is 0 Å². The van der Waals surface area contributed by atoms with Crippen LogP contribution in [0.3, 0.4) is 0 Å². The Morgan fingerprint density at radius 3 is 2.83 bits per heavy atom. The predicted molar refractivity (Wildman–Crippen MR) is 88.0 cm³/mol. The van der Waals surface area contributed by atoms with Crippen molar-refractivity contribution in [3.05, 3.63) is 52.8 Å². The van der Waals surface area contributed by atoms with Gasteiger partial charge in [-0.05, 0) is 19.1 Å². The third-order valence-electron chi connectivity index (χ3n) is 3.11. The normalized spacial score (nSPS) is 12.1. The van der Waals surface area contributed by atoms with E-state index in [0.29, 0.717) is 10.6 Å². The first-order valence-electron chi connectivity index (χ1n) is 6.74. The van der Waals surface area contributed by atoms with Crippen LogP contribution in [0.25, 0.3) is 4.96 Å². The highest BCUT2D eigenvalue weighted by molar-refractivity contribution is 7.15. The van der Waals surface area contributed by atoms with E-state index in [9.17, 15) is 9.59 Å². The number of aromatic nitrogens is 2. The fourth-order valence-corrected chi connectivity index (χ4v) is 2.99. The second-order valence-electron chi connectivity index (χ2n) is 4.71. The Morgan fingerprint density at radius 1 is 1.35 bits per heavy atom. The largest absolute Gasteiger partial charge is 0.448 e. The molecule has 0 aliphatic heterocycles. The van der Waals surface area contributed by atoms with Gasteiger partial charge in [0, 0.05) is 17.3 Å². The number of carbonyl (C=O) groups excluding carboxylic acids is 2. The van der Waals surface area contributed by atoms with E-state index in [-0.39, 0.29) is 10.8 Å². The van der Waals surface area contributed by atoms with Crippen LogP contribution in [0.5, 0.6) is 0 Å². The molecule has 118 valence electrons. The Bertz CT molecular complexity index is 859. The average molecular weight is 350 g/mol. The highest BCUT2D eigenvalue weighted by Crippen LogP contribution is 2.22. The van der Waals surface area contributed by atoms with E-state index >= 15 is 0 Å². The number of rotatable bonds is 4. The maximum absolute atomic E-state index is 12.3. The smallest absolute Gasteiger partial charge is 0.359 e. The maximum Gasteiger partial charge on any atom is 0.359 e. The average Bonchev–Trinajstić information content (AvgIpc) is 3.07. The topological polar surface area (TPSA) is 72.7 Å².